The number of anilines is 2. The summed E-state index contributed by atoms with van der Waals surface area (Å²) in [5.41, 5.74) is 4.35. The van der Waals surface area contributed by atoms with Gasteiger partial charge < -0.3 is 10.2 Å². The van der Waals surface area contributed by atoms with Gasteiger partial charge in [0.15, 0.2) is 5.78 Å². The molecule has 8 heteroatoms. The number of rotatable bonds is 7. The molecule has 0 bridgehead atoms. The molecule has 1 unspecified atom stereocenters. The fourth-order valence-corrected chi connectivity index (χ4v) is 5.99. The number of carbonyl (C=O) groups excluding carboxylic acids is 1. The summed E-state index contributed by atoms with van der Waals surface area (Å²) in [6.45, 7) is 10.4. The number of Topliss-reactive ketones (excluding diaryl/α,β-unsaturated/α-hetero) is 1. The van der Waals surface area contributed by atoms with E-state index in [0.717, 1.165) is 42.0 Å². The smallest absolute Gasteiger partial charge is 0.227 e. The van der Waals surface area contributed by atoms with Gasteiger partial charge in [-0.2, -0.15) is 4.98 Å². The van der Waals surface area contributed by atoms with Gasteiger partial charge in [-0.1, -0.05) is 55.9 Å². The van der Waals surface area contributed by atoms with Crippen molar-refractivity contribution in [3.05, 3.63) is 76.7 Å². The second-order valence-electron chi connectivity index (χ2n) is 10.2. The SMILES string of the molecule is CCN(CC)c1ccc(C2C3=C(CC(C)(C)CC3=O)Nc3nc(SCc4ccccc4F)nn32)cc1. The van der Waals surface area contributed by atoms with E-state index in [0.29, 0.717) is 28.8 Å². The molecule has 0 saturated heterocycles. The molecule has 1 aliphatic carbocycles. The first-order valence-corrected chi connectivity index (χ1v) is 13.5. The largest absolute Gasteiger partial charge is 0.372 e. The van der Waals surface area contributed by atoms with Crippen LogP contribution < -0.4 is 10.2 Å². The number of allylic oxidation sites excluding steroid dienone is 2. The summed E-state index contributed by atoms with van der Waals surface area (Å²) in [5.74, 6) is 0.961. The quantitative estimate of drug-likeness (QED) is 0.385. The first-order valence-electron chi connectivity index (χ1n) is 12.5. The molecule has 1 N–H and O–H groups in total. The van der Waals surface area contributed by atoms with E-state index in [1.165, 1.54) is 17.8 Å². The van der Waals surface area contributed by atoms with Crippen LogP contribution in [0.1, 0.15) is 57.7 Å². The molecule has 0 radical (unpaired) electrons. The van der Waals surface area contributed by atoms with Crippen LogP contribution in [0.2, 0.25) is 0 Å². The summed E-state index contributed by atoms with van der Waals surface area (Å²) >= 11 is 1.39. The lowest BCUT2D eigenvalue weighted by Crippen LogP contribution is -2.36. The van der Waals surface area contributed by atoms with Gasteiger partial charge in [-0.3, -0.25) is 4.79 Å². The van der Waals surface area contributed by atoms with Gasteiger partial charge in [0.05, 0.1) is 0 Å². The van der Waals surface area contributed by atoms with Crippen molar-refractivity contribution in [2.75, 3.05) is 23.3 Å². The van der Waals surface area contributed by atoms with Crippen LogP contribution in [0, 0.1) is 11.2 Å². The minimum Gasteiger partial charge on any atom is -0.372 e. The third-order valence-electron chi connectivity index (χ3n) is 6.96. The Balaban J connectivity index is 1.52. The van der Waals surface area contributed by atoms with Crippen LogP contribution in [0.5, 0.6) is 0 Å². The maximum atomic E-state index is 14.1. The predicted octanol–water partition coefficient (Wildman–Crippen LogP) is 6.21. The van der Waals surface area contributed by atoms with Crippen molar-refractivity contribution in [1.29, 1.82) is 0 Å². The van der Waals surface area contributed by atoms with E-state index in [1.807, 2.05) is 10.7 Å². The third kappa shape index (κ3) is 4.66. The van der Waals surface area contributed by atoms with Crippen molar-refractivity contribution >= 4 is 29.2 Å². The number of nitrogens with zero attached hydrogens (tertiary/aromatic N) is 4. The molecule has 2 aromatic carbocycles. The van der Waals surface area contributed by atoms with E-state index in [4.69, 9.17) is 10.1 Å². The van der Waals surface area contributed by atoms with Gasteiger partial charge in [0.1, 0.15) is 11.9 Å². The molecule has 0 fully saturated rings. The van der Waals surface area contributed by atoms with Crippen molar-refractivity contribution in [3.63, 3.8) is 0 Å². The number of thioether (sulfide) groups is 1. The Morgan fingerprint density at radius 2 is 1.83 bits per heavy atom. The topological polar surface area (TPSA) is 63.1 Å². The Morgan fingerprint density at radius 3 is 2.53 bits per heavy atom. The standard InChI is InChI=1S/C28H32FN5OS/c1-5-33(6-2)20-13-11-18(12-14-20)25-24-22(15-28(3,4)16-23(24)35)30-26-31-27(32-34(25)26)36-17-19-9-7-8-10-21(19)29/h7-14,25H,5-6,15-17H2,1-4H3,(H,30,31,32). The Hall–Kier alpha value is -3.13. The van der Waals surface area contributed by atoms with E-state index in [-0.39, 0.29) is 23.1 Å². The van der Waals surface area contributed by atoms with Crippen molar-refractivity contribution < 1.29 is 9.18 Å². The molecule has 2 heterocycles. The van der Waals surface area contributed by atoms with Crippen molar-refractivity contribution in [3.8, 4) is 0 Å². The summed E-state index contributed by atoms with van der Waals surface area (Å²) in [4.78, 5) is 20.5. The first kappa shape index (κ1) is 24.6. The summed E-state index contributed by atoms with van der Waals surface area (Å²) < 4.78 is 16.0. The zero-order chi connectivity index (χ0) is 25.4. The second kappa shape index (κ2) is 9.73. The predicted molar refractivity (Wildman–Crippen MR) is 143 cm³/mol. The molecular formula is C28H32FN5OS. The number of benzene rings is 2. The number of halogens is 1. The van der Waals surface area contributed by atoms with Crippen LogP contribution in [0.4, 0.5) is 16.0 Å². The maximum absolute atomic E-state index is 14.1. The van der Waals surface area contributed by atoms with Crippen LogP contribution in [0.3, 0.4) is 0 Å². The molecule has 0 saturated carbocycles. The van der Waals surface area contributed by atoms with Crippen molar-refractivity contribution in [2.45, 2.75) is 57.5 Å². The monoisotopic (exact) mass is 505 g/mol. The van der Waals surface area contributed by atoms with E-state index >= 15 is 0 Å². The lowest BCUT2D eigenvalue weighted by molar-refractivity contribution is -0.118. The maximum Gasteiger partial charge on any atom is 0.227 e. The lowest BCUT2D eigenvalue weighted by Gasteiger charge is -2.38. The van der Waals surface area contributed by atoms with Gasteiger partial charge in [-0.25, -0.2) is 9.07 Å². The molecule has 6 nitrogen and oxygen atoms in total. The number of aromatic nitrogens is 3. The fourth-order valence-electron chi connectivity index (χ4n) is 5.17. The number of ketones is 1. The Kier molecular flexibility index (Phi) is 6.64. The highest BCUT2D eigenvalue weighted by atomic mass is 32.2. The molecule has 188 valence electrons. The Morgan fingerprint density at radius 1 is 1.11 bits per heavy atom. The highest BCUT2D eigenvalue weighted by molar-refractivity contribution is 7.98. The lowest BCUT2D eigenvalue weighted by atomic mass is 9.73. The molecule has 0 amide bonds. The van der Waals surface area contributed by atoms with E-state index in [2.05, 4.69) is 62.2 Å². The number of nitrogens with one attached hydrogen (secondary N) is 1. The van der Waals surface area contributed by atoms with Crippen LogP contribution >= 0.6 is 11.8 Å². The second-order valence-corrected chi connectivity index (χ2v) is 11.1. The minimum atomic E-state index is -0.346. The number of carbonyl (C=O) groups is 1. The number of hydrogen-bond acceptors (Lipinski definition) is 6. The minimum absolute atomic E-state index is 0.120. The van der Waals surface area contributed by atoms with Gasteiger partial charge in [0.25, 0.3) is 0 Å². The number of fused-ring (bicyclic) bond motifs is 1. The third-order valence-corrected chi connectivity index (χ3v) is 7.85. The highest BCUT2D eigenvalue weighted by Crippen LogP contribution is 2.46. The number of hydrogen-bond donors (Lipinski definition) is 1. The van der Waals surface area contributed by atoms with Gasteiger partial charge in [0, 0.05) is 42.2 Å². The van der Waals surface area contributed by atoms with E-state index < -0.39 is 0 Å². The van der Waals surface area contributed by atoms with Gasteiger partial charge in [-0.05, 0) is 55.0 Å². The summed E-state index contributed by atoms with van der Waals surface area (Å²) in [7, 11) is 0. The molecule has 5 rings (SSSR count). The molecule has 36 heavy (non-hydrogen) atoms. The van der Waals surface area contributed by atoms with Crippen LogP contribution in [0.25, 0.3) is 0 Å². The molecule has 1 atom stereocenters. The summed E-state index contributed by atoms with van der Waals surface area (Å²) in [5, 5.41) is 8.76. The molecule has 3 aromatic rings. The zero-order valence-electron chi connectivity index (χ0n) is 21.2. The van der Waals surface area contributed by atoms with E-state index in [1.54, 1.807) is 12.1 Å². The van der Waals surface area contributed by atoms with Crippen molar-refractivity contribution in [2.24, 2.45) is 5.41 Å². The molecule has 2 aliphatic rings. The first-order chi connectivity index (χ1) is 17.3. The van der Waals surface area contributed by atoms with Crippen LogP contribution in [-0.2, 0) is 10.5 Å². The van der Waals surface area contributed by atoms with Gasteiger partial charge in [-0.15, -0.1) is 5.10 Å². The normalized spacial score (nSPS) is 18.5. The molecule has 1 aromatic heterocycles. The summed E-state index contributed by atoms with van der Waals surface area (Å²) in [6, 6.07) is 14.8. The average Bonchev–Trinajstić information content (AvgIpc) is 3.25. The highest BCUT2D eigenvalue weighted by Gasteiger charge is 2.41. The zero-order valence-corrected chi connectivity index (χ0v) is 22.0. The van der Waals surface area contributed by atoms with Gasteiger partial charge >= 0.3 is 0 Å². The fraction of sp³-hybridized carbons (Fsp3) is 0.393. The molecule has 0 spiro atoms. The molecular weight excluding hydrogens is 473 g/mol. The van der Waals surface area contributed by atoms with Gasteiger partial charge in [0.2, 0.25) is 11.1 Å². The van der Waals surface area contributed by atoms with E-state index in [9.17, 15) is 9.18 Å². The average molecular weight is 506 g/mol. The van der Waals surface area contributed by atoms with Crippen LogP contribution in [-0.4, -0.2) is 33.6 Å². The Bertz CT molecular complexity index is 1310. The Labute approximate surface area is 216 Å². The van der Waals surface area contributed by atoms with Crippen molar-refractivity contribution in [1.82, 2.24) is 14.8 Å². The summed E-state index contributed by atoms with van der Waals surface area (Å²) in [6.07, 6.45) is 1.27. The van der Waals surface area contributed by atoms with Crippen LogP contribution in [0.15, 0.2) is 65.0 Å². The molecule has 1 aliphatic heterocycles.